The minimum atomic E-state index is 0.0637. The summed E-state index contributed by atoms with van der Waals surface area (Å²) >= 11 is 5.90. The lowest BCUT2D eigenvalue weighted by Crippen LogP contribution is -2.33. The molecule has 19 heavy (non-hydrogen) atoms. The van der Waals surface area contributed by atoms with E-state index >= 15 is 0 Å². The number of nitrogens with one attached hydrogen (secondary N) is 1. The van der Waals surface area contributed by atoms with Gasteiger partial charge in [-0.2, -0.15) is 0 Å². The van der Waals surface area contributed by atoms with Crippen molar-refractivity contribution in [2.75, 3.05) is 24.5 Å². The van der Waals surface area contributed by atoms with Crippen molar-refractivity contribution >= 4 is 23.2 Å². The molecule has 0 bridgehead atoms. The van der Waals surface area contributed by atoms with Crippen molar-refractivity contribution in [2.24, 2.45) is 11.8 Å². The van der Waals surface area contributed by atoms with Gasteiger partial charge < -0.3 is 10.2 Å². The number of anilines is 1. The molecule has 1 amide bonds. The summed E-state index contributed by atoms with van der Waals surface area (Å²) < 4.78 is 0. The second-order valence-electron chi connectivity index (χ2n) is 5.48. The normalized spacial score (nSPS) is 18.9. The summed E-state index contributed by atoms with van der Waals surface area (Å²) in [5.74, 6) is 0.747. The average molecular weight is 281 g/mol. The van der Waals surface area contributed by atoms with Crippen molar-refractivity contribution in [3.63, 3.8) is 0 Å². The van der Waals surface area contributed by atoms with E-state index in [1.165, 1.54) is 5.69 Å². The van der Waals surface area contributed by atoms with Crippen molar-refractivity contribution in [2.45, 2.75) is 20.3 Å². The van der Waals surface area contributed by atoms with Crippen LogP contribution in [0.2, 0.25) is 5.02 Å². The Morgan fingerprint density at radius 1 is 1.42 bits per heavy atom. The number of halogens is 1. The fraction of sp³-hybridized carbons (Fsp3) is 0.533. The molecule has 0 radical (unpaired) electrons. The lowest BCUT2D eigenvalue weighted by molar-refractivity contribution is -0.124. The van der Waals surface area contributed by atoms with Crippen LogP contribution in [0.5, 0.6) is 0 Å². The molecule has 0 saturated carbocycles. The van der Waals surface area contributed by atoms with Crippen molar-refractivity contribution in [3.05, 3.63) is 29.3 Å². The molecule has 1 heterocycles. The molecule has 0 aromatic heterocycles. The minimum absolute atomic E-state index is 0.0637. The maximum absolute atomic E-state index is 11.5. The smallest absolute Gasteiger partial charge is 0.222 e. The molecule has 3 nitrogen and oxygen atoms in total. The molecule has 0 spiro atoms. The number of hydrogen-bond donors (Lipinski definition) is 1. The fourth-order valence-electron chi connectivity index (χ4n) is 2.33. The maximum atomic E-state index is 11.5. The molecule has 1 aliphatic heterocycles. The number of benzene rings is 1. The van der Waals surface area contributed by atoms with Crippen LogP contribution in [0.1, 0.15) is 20.3 Å². The molecular weight excluding hydrogens is 260 g/mol. The molecule has 1 atom stereocenters. The van der Waals surface area contributed by atoms with Crippen LogP contribution in [0.3, 0.4) is 0 Å². The van der Waals surface area contributed by atoms with Crippen molar-refractivity contribution in [1.82, 2.24) is 5.32 Å². The van der Waals surface area contributed by atoms with Gasteiger partial charge in [-0.05, 0) is 36.6 Å². The van der Waals surface area contributed by atoms with Gasteiger partial charge in [-0.3, -0.25) is 4.79 Å². The topological polar surface area (TPSA) is 32.3 Å². The highest BCUT2D eigenvalue weighted by molar-refractivity contribution is 6.30. The van der Waals surface area contributed by atoms with Crippen LogP contribution in [-0.4, -0.2) is 25.5 Å². The molecule has 104 valence electrons. The summed E-state index contributed by atoms with van der Waals surface area (Å²) in [5, 5.41) is 3.79. The van der Waals surface area contributed by atoms with Crippen molar-refractivity contribution < 1.29 is 4.79 Å². The van der Waals surface area contributed by atoms with E-state index in [1.807, 2.05) is 26.0 Å². The third-order valence-corrected chi connectivity index (χ3v) is 3.82. The Bertz CT molecular complexity index is 430. The third-order valence-electron chi connectivity index (χ3n) is 3.57. The zero-order chi connectivity index (χ0) is 13.8. The van der Waals surface area contributed by atoms with E-state index < -0.39 is 0 Å². The zero-order valence-corrected chi connectivity index (χ0v) is 12.3. The molecule has 1 aromatic rings. The van der Waals surface area contributed by atoms with Crippen LogP contribution in [0.15, 0.2) is 24.3 Å². The monoisotopic (exact) mass is 280 g/mol. The first-order valence-corrected chi connectivity index (χ1v) is 7.22. The van der Waals surface area contributed by atoms with Gasteiger partial charge in [0.15, 0.2) is 0 Å². The van der Waals surface area contributed by atoms with Gasteiger partial charge in [0.2, 0.25) is 5.91 Å². The van der Waals surface area contributed by atoms with E-state index in [-0.39, 0.29) is 11.8 Å². The largest absolute Gasteiger partial charge is 0.371 e. The molecule has 1 fully saturated rings. The van der Waals surface area contributed by atoms with Gasteiger partial charge in [-0.1, -0.05) is 25.4 Å². The second kappa shape index (κ2) is 6.29. The Hall–Kier alpha value is -1.22. The van der Waals surface area contributed by atoms with Gasteiger partial charge in [0.05, 0.1) is 0 Å². The minimum Gasteiger partial charge on any atom is -0.371 e. The summed E-state index contributed by atoms with van der Waals surface area (Å²) in [5.41, 5.74) is 1.21. The molecule has 1 unspecified atom stereocenters. The standard InChI is InChI=1S/C15H21ClN2O/c1-11(2)15(19)17-9-12-7-8-18(10-12)14-5-3-13(16)4-6-14/h3-6,11-12H,7-10H2,1-2H3,(H,17,19). The molecule has 1 saturated heterocycles. The maximum Gasteiger partial charge on any atom is 0.222 e. The Labute approximate surface area is 119 Å². The van der Waals surface area contributed by atoms with Gasteiger partial charge >= 0.3 is 0 Å². The molecule has 0 aliphatic carbocycles. The summed E-state index contributed by atoms with van der Waals surface area (Å²) in [6.07, 6.45) is 1.13. The van der Waals surface area contributed by atoms with E-state index in [0.717, 1.165) is 31.1 Å². The molecule has 4 heteroatoms. The Balaban J connectivity index is 1.83. The van der Waals surface area contributed by atoms with E-state index in [4.69, 9.17) is 11.6 Å². The number of hydrogen-bond acceptors (Lipinski definition) is 2. The van der Waals surface area contributed by atoms with Gasteiger partial charge in [-0.15, -0.1) is 0 Å². The predicted molar refractivity (Wildman–Crippen MR) is 79.6 cm³/mol. The van der Waals surface area contributed by atoms with Gasteiger partial charge in [0.25, 0.3) is 0 Å². The Morgan fingerprint density at radius 2 is 2.11 bits per heavy atom. The quantitative estimate of drug-likeness (QED) is 0.920. The predicted octanol–water partition coefficient (Wildman–Crippen LogP) is 2.94. The van der Waals surface area contributed by atoms with E-state index in [1.54, 1.807) is 0 Å². The Morgan fingerprint density at radius 3 is 2.74 bits per heavy atom. The molecule has 1 N–H and O–H groups in total. The SMILES string of the molecule is CC(C)C(=O)NCC1CCN(c2ccc(Cl)cc2)C1. The first-order valence-electron chi connectivity index (χ1n) is 6.84. The van der Waals surface area contributed by atoms with Crippen LogP contribution in [0, 0.1) is 11.8 Å². The summed E-state index contributed by atoms with van der Waals surface area (Å²) in [7, 11) is 0. The lowest BCUT2D eigenvalue weighted by atomic mass is 10.1. The molecular formula is C15H21ClN2O. The highest BCUT2D eigenvalue weighted by Crippen LogP contribution is 2.24. The van der Waals surface area contributed by atoms with Gasteiger partial charge in [-0.25, -0.2) is 0 Å². The Kier molecular flexibility index (Phi) is 4.70. The van der Waals surface area contributed by atoms with Crippen LogP contribution in [0.4, 0.5) is 5.69 Å². The number of nitrogens with zero attached hydrogens (tertiary/aromatic N) is 1. The first-order chi connectivity index (χ1) is 9.06. The van der Waals surface area contributed by atoms with Gasteiger partial charge in [0.1, 0.15) is 0 Å². The third kappa shape index (κ3) is 3.87. The fourth-order valence-corrected chi connectivity index (χ4v) is 2.46. The molecule has 1 aliphatic rings. The van der Waals surface area contributed by atoms with Crippen LogP contribution in [0.25, 0.3) is 0 Å². The van der Waals surface area contributed by atoms with Crippen molar-refractivity contribution in [3.8, 4) is 0 Å². The number of carbonyl (C=O) groups is 1. The van der Waals surface area contributed by atoms with Crippen LogP contribution in [-0.2, 0) is 4.79 Å². The summed E-state index contributed by atoms with van der Waals surface area (Å²) in [4.78, 5) is 13.9. The number of rotatable bonds is 4. The van der Waals surface area contributed by atoms with E-state index in [2.05, 4.69) is 22.3 Å². The average Bonchev–Trinajstić information content (AvgIpc) is 2.85. The number of amides is 1. The highest BCUT2D eigenvalue weighted by Gasteiger charge is 2.23. The molecule has 1 aromatic carbocycles. The van der Waals surface area contributed by atoms with E-state index in [0.29, 0.717) is 5.92 Å². The lowest BCUT2D eigenvalue weighted by Gasteiger charge is -2.19. The number of carbonyl (C=O) groups excluding carboxylic acids is 1. The van der Waals surface area contributed by atoms with Gasteiger partial charge in [0, 0.05) is 36.3 Å². The molecule has 2 rings (SSSR count). The van der Waals surface area contributed by atoms with Crippen molar-refractivity contribution in [1.29, 1.82) is 0 Å². The van der Waals surface area contributed by atoms with E-state index in [9.17, 15) is 4.79 Å². The zero-order valence-electron chi connectivity index (χ0n) is 11.5. The first kappa shape index (κ1) is 14.2. The summed E-state index contributed by atoms with van der Waals surface area (Å²) in [6.45, 7) is 6.67. The van der Waals surface area contributed by atoms with Crippen LogP contribution >= 0.6 is 11.6 Å². The summed E-state index contributed by atoms with van der Waals surface area (Å²) in [6, 6.07) is 7.95. The second-order valence-corrected chi connectivity index (χ2v) is 5.91. The highest BCUT2D eigenvalue weighted by atomic mass is 35.5. The van der Waals surface area contributed by atoms with Crippen LogP contribution < -0.4 is 10.2 Å².